The molecule has 0 aliphatic heterocycles. The number of nitrogens with zero attached hydrogens (tertiary/aromatic N) is 1. The zero-order valence-electron chi connectivity index (χ0n) is 11.5. The molecule has 0 saturated carbocycles. The molecule has 1 heterocycles. The van der Waals surface area contributed by atoms with Crippen LogP contribution < -0.4 is 0 Å². The van der Waals surface area contributed by atoms with Crippen LogP contribution in [-0.4, -0.2) is 42.9 Å². The number of rotatable bonds is 10. The van der Waals surface area contributed by atoms with Crippen LogP contribution in [0.2, 0.25) is 0 Å². The number of hydrogen-bond donors (Lipinski definition) is 1. The Morgan fingerprint density at radius 2 is 2.33 bits per heavy atom. The predicted octanol–water partition coefficient (Wildman–Crippen LogP) is 2.28. The molecule has 4 heteroatoms. The van der Waals surface area contributed by atoms with Crippen molar-refractivity contribution in [1.82, 2.24) is 4.90 Å². The minimum atomic E-state index is -0.257. The number of hydrogen-bond acceptors (Lipinski definition) is 4. The molecule has 104 valence electrons. The Balaban J connectivity index is 2.40. The summed E-state index contributed by atoms with van der Waals surface area (Å²) >= 11 is 0. The van der Waals surface area contributed by atoms with Gasteiger partial charge in [-0.15, -0.1) is 0 Å². The molecule has 0 spiro atoms. The molecule has 0 fully saturated rings. The summed E-state index contributed by atoms with van der Waals surface area (Å²) in [5.41, 5.74) is 0. The summed E-state index contributed by atoms with van der Waals surface area (Å²) in [7, 11) is 1.71. The molecule has 0 aliphatic carbocycles. The molecule has 1 aromatic heterocycles. The standard InChI is InChI=1S/C14H25NO3/c1-3-6-13(16)11-15(8-5-9-17-2)12-14-7-4-10-18-14/h4,7,10,13,16H,3,5-6,8-9,11-12H2,1-2H3/t13-/m0/s1. The third-order valence-corrected chi connectivity index (χ3v) is 2.87. The van der Waals surface area contributed by atoms with Crippen LogP contribution in [-0.2, 0) is 11.3 Å². The van der Waals surface area contributed by atoms with E-state index in [1.807, 2.05) is 12.1 Å². The van der Waals surface area contributed by atoms with E-state index in [1.54, 1.807) is 13.4 Å². The fraction of sp³-hybridized carbons (Fsp3) is 0.714. The van der Waals surface area contributed by atoms with Crippen molar-refractivity contribution in [1.29, 1.82) is 0 Å². The van der Waals surface area contributed by atoms with Crippen LogP contribution in [0.25, 0.3) is 0 Å². The van der Waals surface area contributed by atoms with Crippen LogP contribution in [0.5, 0.6) is 0 Å². The Labute approximate surface area is 110 Å². The van der Waals surface area contributed by atoms with Gasteiger partial charge in [0.2, 0.25) is 0 Å². The number of methoxy groups -OCH3 is 1. The molecular formula is C14H25NO3. The Morgan fingerprint density at radius 3 is 2.94 bits per heavy atom. The van der Waals surface area contributed by atoms with Crippen molar-refractivity contribution in [3.63, 3.8) is 0 Å². The fourth-order valence-corrected chi connectivity index (χ4v) is 2.01. The van der Waals surface area contributed by atoms with Gasteiger partial charge in [0, 0.05) is 26.8 Å². The average Bonchev–Trinajstić information content (AvgIpc) is 2.82. The monoisotopic (exact) mass is 255 g/mol. The molecular weight excluding hydrogens is 230 g/mol. The molecule has 0 aliphatic rings. The minimum Gasteiger partial charge on any atom is -0.468 e. The van der Waals surface area contributed by atoms with Gasteiger partial charge in [-0.2, -0.15) is 0 Å². The van der Waals surface area contributed by atoms with E-state index in [0.29, 0.717) is 6.54 Å². The van der Waals surface area contributed by atoms with Gasteiger partial charge < -0.3 is 14.3 Å². The first-order chi connectivity index (χ1) is 8.76. The van der Waals surface area contributed by atoms with E-state index >= 15 is 0 Å². The molecule has 0 aromatic carbocycles. The quantitative estimate of drug-likeness (QED) is 0.652. The van der Waals surface area contributed by atoms with Crippen molar-refractivity contribution in [3.8, 4) is 0 Å². The second-order valence-corrected chi connectivity index (χ2v) is 4.60. The molecule has 1 N–H and O–H groups in total. The lowest BCUT2D eigenvalue weighted by Crippen LogP contribution is -2.33. The van der Waals surface area contributed by atoms with E-state index in [9.17, 15) is 5.11 Å². The average molecular weight is 255 g/mol. The lowest BCUT2D eigenvalue weighted by Gasteiger charge is -2.24. The zero-order chi connectivity index (χ0) is 13.2. The van der Waals surface area contributed by atoms with Crippen LogP contribution in [0, 0.1) is 0 Å². The summed E-state index contributed by atoms with van der Waals surface area (Å²) in [5.74, 6) is 0.941. The Kier molecular flexibility index (Phi) is 7.73. The number of furan rings is 1. The van der Waals surface area contributed by atoms with E-state index in [0.717, 1.165) is 44.7 Å². The zero-order valence-corrected chi connectivity index (χ0v) is 11.5. The van der Waals surface area contributed by atoms with E-state index < -0.39 is 0 Å². The van der Waals surface area contributed by atoms with Gasteiger partial charge in [0.25, 0.3) is 0 Å². The topological polar surface area (TPSA) is 45.8 Å². The summed E-state index contributed by atoms with van der Waals surface area (Å²) in [4.78, 5) is 2.22. The molecule has 4 nitrogen and oxygen atoms in total. The van der Waals surface area contributed by atoms with Gasteiger partial charge in [0.05, 0.1) is 18.9 Å². The Hall–Kier alpha value is -0.840. The van der Waals surface area contributed by atoms with Crippen LogP contribution in [0.1, 0.15) is 31.9 Å². The molecule has 0 unspecified atom stereocenters. The van der Waals surface area contributed by atoms with Gasteiger partial charge in [-0.05, 0) is 25.0 Å². The number of aliphatic hydroxyl groups excluding tert-OH is 1. The van der Waals surface area contributed by atoms with Gasteiger partial charge in [-0.1, -0.05) is 13.3 Å². The molecule has 1 atom stereocenters. The van der Waals surface area contributed by atoms with Crippen molar-refractivity contribution in [2.45, 2.75) is 38.8 Å². The summed E-state index contributed by atoms with van der Waals surface area (Å²) in [6.45, 7) is 5.19. The van der Waals surface area contributed by atoms with E-state index in [4.69, 9.17) is 9.15 Å². The predicted molar refractivity (Wildman–Crippen MR) is 71.4 cm³/mol. The van der Waals surface area contributed by atoms with Crippen LogP contribution >= 0.6 is 0 Å². The molecule has 0 saturated heterocycles. The summed E-state index contributed by atoms with van der Waals surface area (Å²) in [5, 5.41) is 9.90. The van der Waals surface area contributed by atoms with Gasteiger partial charge >= 0.3 is 0 Å². The molecule has 0 amide bonds. The summed E-state index contributed by atoms with van der Waals surface area (Å²) < 4.78 is 10.4. The minimum absolute atomic E-state index is 0.257. The van der Waals surface area contributed by atoms with Crippen molar-refractivity contribution >= 4 is 0 Å². The molecule has 0 radical (unpaired) electrons. The van der Waals surface area contributed by atoms with Crippen molar-refractivity contribution in [2.75, 3.05) is 26.8 Å². The lowest BCUT2D eigenvalue weighted by molar-refractivity contribution is 0.0894. The van der Waals surface area contributed by atoms with Crippen LogP contribution in [0.15, 0.2) is 22.8 Å². The first-order valence-corrected chi connectivity index (χ1v) is 6.68. The van der Waals surface area contributed by atoms with Crippen molar-refractivity contribution in [3.05, 3.63) is 24.2 Å². The highest BCUT2D eigenvalue weighted by Crippen LogP contribution is 2.08. The maximum absolute atomic E-state index is 9.90. The maximum Gasteiger partial charge on any atom is 0.117 e. The lowest BCUT2D eigenvalue weighted by atomic mass is 10.2. The second-order valence-electron chi connectivity index (χ2n) is 4.60. The highest BCUT2D eigenvalue weighted by atomic mass is 16.5. The van der Waals surface area contributed by atoms with Crippen molar-refractivity contribution < 1.29 is 14.3 Å². The van der Waals surface area contributed by atoms with Gasteiger partial charge in [-0.25, -0.2) is 0 Å². The Morgan fingerprint density at radius 1 is 1.50 bits per heavy atom. The first-order valence-electron chi connectivity index (χ1n) is 6.68. The fourth-order valence-electron chi connectivity index (χ4n) is 2.01. The normalized spacial score (nSPS) is 13.1. The van der Waals surface area contributed by atoms with E-state index in [1.165, 1.54) is 0 Å². The van der Waals surface area contributed by atoms with E-state index in [2.05, 4.69) is 11.8 Å². The molecule has 1 aromatic rings. The van der Waals surface area contributed by atoms with Crippen LogP contribution in [0.4, 0.5) is 0 Å². The highest BCUT2D eigenvalue weighted by molar-refractivity contribution is 4.97. The third kappa shape index (κ3) is 6.19. The number of aliphatic hydroxyl groups is 1. The van der Waals surface area contributed by atoms with Gasteiger partial charge in [-0.3, -0.25) is 4.90 Å². The Bertz CT molecular complexity index is 287. The van der Waals surface area contributed by atoms with E-state index in [-0.39, 0.29) is 6.10 Å². The highest BCUT2D eigenvalue weighted by Gasteiger charge is 2.12. The van der Waals surface area contributed by atoms with Crippen LogP contribution in [0.3, 0.4) is 0 Å². The van der Waals surface area contributed by atoms with Crippen molar-refractivity contribution in [2.24, 2.45) is 0 Å². The smallest absolute Gasteiger partial charge is 0.117 e. The largest absolute Gasteiger partial charge is 0.468 e. The summed E-state index contributed by atoms with van der Waals surface area (Å²) in [6.07, 6.45) is 4.25. The first kappa shape index (κ1) is 15.2. The molecule has 1 rings (SSSR count). The summed E-state index contributed by atoms with van der Waals surface area (Å²) in [6, 6.07) is 3.86. The van der Waals surface area contributed by atoms with Gasteiger partial charge in [0.15, 0.2) is 0 Å². The van der Waals surface area contributed by atoms with Gasteiger partial charge in [0.1, 0.15) is 5.76 Å². The molecule has 0 bridgehead atoms. The maximum atomic E-state index is 9.90. The second kappa shape index (κ2) is 9.14. The number of ether oxygens (including phenoxy) is 1. The third-order valence-electron chi connectivity index (χ3n) is 2.87. The SMILES string of the molecule is CCC[C@H](O)CN(CCCOC)Cc1ccco1. The molecule has 18 heavy (non-hydrogen) atoms.